The minimum atomic E-state index is -4.46. The maximum atomic E-state index is 13.8. The number of amides is 1. The Kier molecular flexibility index (Phi) is 4.88. The molecule has 8 heteroatoms. The van der Waals surface area contributed by atoms with Crippen LogP contribution in [0.3, 0.4) is 0 Å². The molecule has 24 heavy (non-hydrogen) atoms. The molecule has 1 amide bonds. The van der Waals surface area contributed by atoms with Gasteiger partial charge >= 0.3 is 12.3 Å². The molecular weight excluding hydrogens is 323 g/mol. The molecule has 1 unspecified atom stereocenters. The number of hydrogen-bond acceptors (Lipinski definition) is 4. The molecule has 2 rings (SSSR count). The third-order valence-corrected chi connectivity index (χ3v) is 4.10. The fraction of sp³-hybridized carbons (Fsp3) is 0.750. The van der Waals surface area contributed by atoms with Gasteiger partial charge in [-0.05, 0) is 39.2 Å². The third-order valence-electron chi connectivity index (χ3n) is 4.10. The molecule has 0 spiro atoms. The SMILES string of the molecule is CCCC1(C(F)(F)F)N=CNC2=C1CCN(C(=O)OC(C)(C)C)C2. The summed E-state index contributed by atoms with van der Waals surface area (Å²) in [5, 5.41) is 2.79. The first-order valence-electron chi connectivity index (χ1n) is 8.07. The van der Waals surface area contributed by atoms with E-state index in [-0.39, 0.29) is 31.5 Å². The minimum absolute atomic E-state index is 0.0673. The van der Waals surface area contributed by atoms with E-state index in [0.29, 0.717) is 12.1 Å². The lowest BCUT2D eigenvalue weighted by atomic mass is 9.80. The minimum Gasteiger partial charge on any atom is -0.444 e. The molecule has 1 N–H and O–H groups in total. The maximum absolute atomic E-state index is 13.8. The lowest BCUT2D eigenvalue weighted by Crippen LogP contribution is -2.53. The van der Waals surface area contributed by atoms with Crippen molar-refractivity contribution in [2.45, 2.75) is 64.3 Å². The molecule has 2 aliphatic rings. The van der Waals surface area contributed by atoms with E-state index in [0.717, 1.165) is 6.34 Å². The van der Waals surface area contributed by atoms with E-state index in [1.807, 2.05) is 0 Å². The van der Waals surface area contributed by atoms with E-state index in [1.54, 1.807) is 27.7 Å². The van der Waals surface area contributed by atoms with E-state index in [4.69, 9.17) is 4.74 Å². The Bertz CT molecular complexity index is 564. The largest absolute Gasteiger partial charge is 0.444 e. The van der Waals surface area contributed by atoms with Gasteiger partial charge in [-0.25, -0.2) is 4.79 Å². The Morgan fingerprint density at radius 3 is 2.62 bits per heavy atom. The van der Waals surface area contributed by atoms with Crippen molar-refractivity contribution in [1.29, 1.82) is 0 Å². The molecule has 0 radical (unpaired) electrons. The third kappa shape index (κ3) is 3.52. The second kappa shape index (κ2) is 6.29. The molecule has 1 atom stereocenters. The Labute approximate surface area is 139 Å². The molecule has 0 saturated carbocycles. The number of aliphatic imine (C=N–C) groups is 1. The van der Waals surface area contributed by atoms with Crippen LogP contribution in [0.2, 0.25) is 0 Å². The molecule has 0 aromatic carbocycles. The second-order valence-corrected chi connectivity index (χ2v) is 7.12. The van der Waals surface area contributed by atoms with Crippen LogP contribution >= 0.6 is 0 Å². The number of nitrogens with zero attached hydrogens (tertiary/aromatic N) is 2. The van der Waals surface area contributed by atoms with Crippen LogP contribution in [-0.4, -0.2) is 47.7 Å². The summed E-state index contributed by atoms with van der Waals surface area (Å²) in [6.07, 6.45) is -3.50. The fourth-order valence-corrected chi connectivity index (χ4v) is 3.10. The highest BCUT2D eigenvalue weighted by Crippen LogP contribution is 2.47. The van der Waals surface area contributed by atoms with Crippen LogP contribution in [0.5, 0.6) is 0 Å². The van der Waals surface area contributed by atoms with Gasteiger partial charge in [0, 0.05) is 12.2 Å². The number of carbonyl (C=O) groups excluding carboxylic acids is 1. The molecule has 0 aliphatic carbocycles. The number of nitrogens with one attached hydrogen (secondary N) is 1. The second-order valence-electron chi connectivity index (χ2n) is 7.12. The van der Waals surface area contributed by atoms with E-state index in [9.17, 15) is 18.0 Å². The number of halogens is 3. The first-order chi connectivity index (χ1) is 11.0. The van der Waals surface area contributed by atoms with Crippen molar-refractivity contribution < 1.29 is 22.7 Å². The molecule has 0 aromatic heterocycles. The Morgan fingerprint density at radius 2 is 2.08 bits per heavy atom. The first-order valence-corrected chi connectivity index (χ1v) is 8.07. The fourth-order valence-electron chi connectivity index (χ4n) is 3.10. The summed E-state index contributed by atoms with van der Waals surface area (Å²) in [7, 11) is 0. The van der Waals surface area contributed by atoms with Crippen molar-refractivity contribution >= 4 is 12.4 Å². The van der Waals surface area contributed by atoms with Crippen molar-refractivity contribution in [3.05, 3.63) is 11.3 Å². The smallest absolute Gasteiger partial charge is 0.417 e. The highest BCUT2D eigenvalue weighted by molar-refractivity contribution is 5.70. The van der Waals surface area contributed by atoms with Gasteiger partial charge in [-0.15, -0.1) is 0 Å². The number of carbonyl (C=O) groups is 1. The Hall–Kier alpha value is -1.73. The molecule has 0 aromatic rings. The summed E-state index contributed by atoms with van der Waals surface area (Å²) in [4.78, 5) is 17.4. The summed E-state index contributed by atoms with van der Waals surface area (Å²) >= 11 is 0. The Morgan fingerprint density at radius 1 is 1.42 bits per heavy atom. The summed E-state index contributed by atoms with van der Waals surface area (Å²) in [6.45, 7) is 7.22. The number of ether oxygens (including phenoxy) is 1. The summed E-state index contributed by atoms with van der Waals surface area (Å²) in [5.74, 6) is 0. The number of rotatable bonds is 2. The zero-order valence-corrected chi connectivity index (χ0v) is 14.5. The van der Waals surface area contributed by atoms with Crippen LogP contribution < -0.4 is 5.32 Å². The van der Waals surface area contributed by atoms with Gasteiger partial charge in [0.1, 0.15) is 5.60 Å². The van der Waals surface area contributed by atoms with Gasteiger partial charge in [-0.2, -0.15) is 13.2 Å². The lowest BCUT2D eigenvalue weighted by molar-refractivity contribution is -0.177. The van der Waals surface area contributed by atoms with Gasteiger partial charge in [0.2, 0.25) is 0 Å². The van der Waals surface area contributed by atoms with Gasteiger partial charge in [-0.3, -0.25) is 4.99 Å². The summed E-state index contributed by atoms with van der Waals surface area (Å²) in [5.41, 5.74) is -2.19. The molecular formula is C16H24F3N3O2. The Balaban J connectivity index is 2.28. The van der Waals surface area contributed by atoms with Crippen LogP contribution in [0.1, 0.15) is 47.0 Å². The van der Waals surface area contributed by atoms with E-state index in [1.165, 1.54) is 4.90 Å². The normalized spacial score (nSPS) is 24.5. The van der Waals surface area contributed by atoms with Crippen molar-refractivity contribution in [2.75, 3.05) is 13.1 Å². The predicted octanol–water partition coefficient (Wildman–Crippen LogP) is 3.61. The van der Waals surface area contributed by atoms with Gasteiger partial charge in [0.15, 0.2) is 5.54 Å². The summed E-state index contributed by atoms with van der Waals surface area (Å²) in [6, 6.07) is 0. The van der Waals surface area contributed by atoms with Gasteiger partial charge < -0.3 is 15.0 Å². The van der Waals surface area contributed by atoms with Crippen LogP contribution in [0.4, 0.5) is 18.0 Å². The monoisotopic (exact) mass is 347 g/mol. The van der Waals surface area contributed by atoms with Crippen LogP contribution in [-0.2, 0) is 4.74 Å². The quantitative estimate of drug-likeness (QED) is 0.830. The molecule has 5 nitrogen and oxygen atoms in total. The van der Waals surface area contributed by atoms with Crippen molar-refractivity contribution in [1.82, 2.24) is 10.2 Å². The molecule has 136 valence electrons. The topological polar surface area (TPSA) is 53.9 Å². The molecule has 2 aliphatic heterocycles. The summed E-state index contributed by atoms with van der Waals surface area (Å²) < 4.78 is 46.6. The van der Waals surface area contributed by atoms with Gasteiger partial charge in [-0.1, -0.05) is 13.3 Å². The maximum Gasteiger partial charge on any atom is 0.417 e. The molecule has 0 saturated heterocycles. The zero-order chi connectivity index (χ0) is 18.2. The predicted molar refractivity (Wildman–Crippen MR) is 84.8 cm³/mol. The van der Waals surface area contributed by atoms with Crippen LogP contribution in [0.25, 0.3) is 0 Å². The average Bonchev–Trinajstić information content (AvgIpc) is 2.44. The van der Waals surface area contributed by atoms with E-state index in [2.05, 4.69) is 10.3 Å². The first kappa shape index (κ1) is 18.6. The lowest BCUT2D eigenvalue weighted by Gasteiger charge is -2.42. The average molecular weight is 347 g/mol. The molecule has 2 heterocycles. The molecule has 0 bridgehead atoms. The number of alkyl halides is 3. The van der Waals surface area contributed by atoms with Crippen LogP contribution in [0.15, 0.2) is 16.3 Å². The van der Waals surface area contributed by atoms with Crippen molar-refractivity contribution in [3.63, 3.8) is 0 Å². The van der Waals surface area contributed by atoms with Crippen molar-refractivity contribution in [3.8, 4) is 0 Å². The van der Waals surface area contributed by atoms with Crippen molar-refractivity contribution in [2.24, 2.45) is 4.99 Å². The highest BCUT2D eigenvalue weighted by Gasteiger charge is 2.58. The van der Waals surface area contributed by atoms with Gasteiger partial charge in [0.25, 0.3) is 0 Å². The molecule has 0 fully saturated rings. The van der Waals surface area contributed by atoms with E-state index < -0.39 is 23.4 Å². The van der Waals surface area contributed by atoms with Crippen LogP contribution in [0, 0.1) is 0 Å². The number of hydrogen-bond donors (Lipinski definition) is 1. The zero-order valence-electron chi connectivity index (χ0n) is 14.5. The standard InChI is InChI=1S/C16H24F3N3O2/c1-5-7-15(16(17,18)19)11-6-8-22(9-12(11)20-10-21-15)13(23)24-14(2,3)4/h10H,5-9H2,1-4H3,(H,20,21). The van der Waals surface area contributed by atoms with Gasteiger partial charge in [0.05, 0.1) is 12.9 Å². The van der Waals surface area contributed by atoms with E-state index >= 15 is 0 Å². The highest BCUT2D eigenvalue weighted by atomic mass is 19.4.